The van der Waals surface area contributed by atoms with Crippen molar-refractivity contribution in [2.45, 2.75) is 0 Å². The van der Waals surface area contributed by atoms with E-state index in [9.17, 15) is 4.39 Å². The number of rotatable bonds is 2. The van der Waals surface area contributed by atoms with E-state index in [1.165, 1.54) is 24.4 Å². The van der Waals surface area contributed by atoms with Crippen LogP contribution in [-0.2, 0) is 0 Å². The summed E-state index contributed by atoms with van der Waals surface area (Å²) in [6, 6.07) is 3.98. The predicted octanol–water partition coefficient (Wildman–Crippen LogP) is 2.09. The van der Waals surface area contributed by atoms with Gasteiger partial charge in [0.1, 0.15) is 0 Å². The molecule has 0 bridgehead atoms. The zero-order valence-corrected chi connectivity index (χ0v) is 5.84. The first-order chi connectivity index (χ1) is 5.24. The Bertz CT molecular complexity index is 273. The first-order valence-corrected chi connectivity index (χ1v) is 3.10. The summed E-state index contributed by atoms with van der Waals surface area (Å²) < 4.78 is 12.4. The second kappa shape index (κ2) is 3.05. The molecule has 0 atom stereocenters. The number of phenolic OH excluding ortho intramolecular Hbond substituents is 1. The average molecular weight is 153 g/mol. The first kappa shape index (κ1) is 7.60. The molecule has 0 radical (unpaired) electrons. The highest BCUT2D eigenvalue weighted by Gasteiger charge is 1.98. The van der Waals surface area contributed by atoms with Gasteiger partial charge >= 0.3 is 0 Å². The fraction of sp³-hybridized carbons (Fsp3) is 0. The zero-order valence-electron chi connectivity index (χ0n) is 5.84. The van der Waals surface area contributed by atoms with Gasteiger partial charge in [-0.1, -0.05) is 6.58 Å². The van der Waals surface area contributed by atoms with Crippen molar-refractivity contribution >= 4 is 5.69 Å². The number of halogens is 1. The van der Waals surface area contributed by atoms with Crippen LogP contribution in [0.3, 0.4) is 0 Å². The van der Waals surface area contributed by atoms with Crippen LogP contribution in [0.5, 0.6) is 5.75 Å². The van der Waals surface area contributed by atoms with E-state index in [1.54, 1.807) is 0 Å². The quantitative estimate of drug-likeness (QED) is 0.681. The summed E-state index contributed by atoms with van der Waals surface area (Å²) in [7, 11) is 0. The fourth-order valence-electron chi connectivity index (χ4n) is 0.720. The minimum atomic E-state index is -0.625. The van der Waals surface area contributed by atoms with Crippen LogP contribution in [0.4, 0.5) is 10.1 Å². The lowest BCUT2D eigenvalue weighted by atomic mass is 10.3. The lowest BCUT2D eigenvalue weighted by Gasteiger charge is -2.00. The molecule has 0 aromatic heterocycles. The highest BCUT2D eigenvalue weighted by Crippen LogP contribution is 2.19. The molecular weight excluding hydrogens is 145 g/mol. The lowest BCUT2D eigenvalue weighted by molar-refractivity contribution is 0.433. The zero-order chi connectivity index (χ0) is 8.27. The number of benzene rings is 1. The van der Waals surface area contributed by atoms with Gasteiger partial charge in [-0.25, -0.2) is 4.39 Å². The van der Waals surface area contributed by atoms with E-state index in [0.717, 1.165) is 0 Å². The molecule has 1 rings (SSSR count). The molecule has 0 fully saturated rings. The molecule has 1 aromatic rings. The Morgan fingerprint density at radius 2 is 2.27 bits per heavy atom. The summed E-state index contributed by atoms with van der Waals surface area (Å²) >= 11 is 0. The van der Waals surface area contributed by atoms with Gasteiger partial charge < -0.3 is 10.4 Å². The van der Waals surface area contributed by atoms with E-state index in [0.29, 0.717) is 5.69 Å². The highest BCUT2D eigenvalue weighted by atomic mass is 19.1. The van der Waals surface area contributed by atoms with Crippen LogP contribution in [-0.4, -0.2) is 5.11 Å². The molecule has 0 aliphatic carbocycles. The van der Waals surface area contributed by atoms with E-state index in [2.05, 4.69) is 11.9 Å². The lowest BCUT2D eigenvalue weighted by Crippen LogP contribution is -1.86. The van der Waals surface area contributed by atoms with Gasteiger partial charge in [0.05, 0.1) is 0 Å². The number of anilines is 1. The second-order valence-electron chi connectivity index (χ2n) is 2.01. The highest BCUT2D eigenvalue weighted by molar-refractivity contribution is 5.49. The van der Waals surface area contributed by atoms with Crippen molar-refractivity contribution in [2.75, 3.05) is 5.32 Å². The number of hydrogen-bond donors (Lipinski definition) is 2. The Morgan fingerprint density at radius 3 is 2.82 bits per heavy atom. The van der Waals surface area contributed by atoms with Crippen LogP contribution in [0, 0.1) is 5.82 Å². The van der Waals surface area contributed by atoms with Gasteiger partial charge in [-0.15, -0.1) is 0 Å². The summed E-state index contributed by atoms with van der Waals surface area (Å²) in [6.45, 7) is 3.42. The Hall–Kier alpha value is -1.51. The maximum absolute atomic E-state index is 12.4. The summed E-state index contributed by atoms with van der Waals surface area (Å²) in [6.07, 6.45) is 1.45. The fourth-order valence-corrected chi connectivity index (χ4v) is 0.720. The smallest absolute Gasteiger partial charge is 0.164 e. The molecule has 2 nitrogen and oxygen atoms in total. The van der Waals surface area contributed by atoms with Crippen molar-refractivity contribution < 1.29 is 9.50 Å². The Labute approximate surface area is 64.0 Å². The second-order valence-corrected chi connectivity index (χ2v) is 2.01. The van der Waals surface area contributed by atoms with Crippen LogP contribution in [0.25, 0.3) is 0 Å². The third-order valence-electron chi connectivity index (χ3n) is 1.21. The van der Waals surface area contributed by atoms with Gasteiger partial charge in [0.15, 0.2) is 11.6 Å². The molecule has 0 aliphatic heterocycles. The molecule has 0 unspecified atom stereocenters. The van der Waals surface area contributed by atoms with E-state index in [4.69, 9.17) is 5.11 Å². The van der Waals surface area contributed by atoms with Crippen LogP contribution in [0.15, 0.2) is 31.0 Å². The molecule has 3 heteroatoms. The molecule has 58 valence electrons. The van der Waals surface area contributed by atoms with Crippen LogP contribution < -0.4 is 5.32 Å². The average Bonchev–Trinajstić information content (AvgIpc) is 1.98. The van der Waals surface area contributed by atoms with Crippen molar-refractivity contribution in [3.05, 3.63) is 36.8 Å². The van der Waals surface area contributed by atoms with Crippen LogP contribution in [0.2, 0.25) is 0 Å². The largest absolute Gasteiger partial charge is 0.505 e. The number of nitrogens with one attached hydrogen (secondary N) is 1. The molecular formula is C8H8FNO. The van der Waals surface area contributed by atoms with Crippen molar-refractivity contribution in [1.82, 2.24) is 0 Å². The molecule has 0 amide bonds. The molecule has 2 N–H and O–H groups in total. The summed E-state index contributed by atoms with van der Waals surface area (Å²) in [5.74, 6) is -0.989. The maximum Gasteiger partial charge on any atom is 0.164 e. The van der Waals surface area contributed by atoms with Gasteiger partial charge in [-0.3, -0.25) is 0 Å². The Balaban J connectivity index is 2.95. The monoisotopic (exact) mass is 153 g/mol. The third kappa shape index (κ3) is 1.70. The normalized spacial score (nSPS) is 9.18. The van der Waals surface area contributed by atoms with Gasteiger partial charge in [-0.05, 0) is 18.3 Å². The Morgan fingerprint density at radius 1 is 1.55 bits per heavy atom. The van der Waals surface area contributed by atoms with Gasteiger partial charge in [-0.2, -0.15) is 0 Å². The third-order valence-corrected chi connectivity index (χ3v) is 1.21. The van der Waals surface area contributed by atoms with Gasteiger partial charge in [0.25, 0.3) is 0 Å². The van der Waals surface area contributed by atoms with E-state index >= 15 is 0 Å². The number of phenols is 1. The summed E-state index contributed by atoms with van der Waals surface area (Å²) in [5.41, 5.74) is 0.610. The molecule has 0 heterocycles. The first-order valence-electron chi connectivity index (χ1n) is 3.10. The van der Waals surface area contributed by atoms with Crippen LogP contribution >= 0.6 is 0 Å². The molecule has 0 saturated carbocycles. The van der Waals surface area contributed by atoms with Crippen molar-refractivity contribution in [2.24, 2.45) is 0 Å². The SMILES string of the molecule is C=CNc1ccc(F)c(O)c1. The minimum absolute atomic E-state index is 0.364. The number of aromatic hydroxyl groups is 1. The van der Waals surface area contributed by atoms with Crippen molar-refractivity contribution in [1.29, 1.82) is 0 Å². The predicted molar refractivity (Wildman–Crippen MR) is 41.9 cm³/mol. The van der Waals surface area contributed by atoms with E-state index in [-0.39, 0.29) is 5.75 Å². The Kier molecular flexibility index (Phi) is 2.11. The standard InChI is InChI=1S/C8H8FNO/c1-2-10-6-3-4-7(9)8(11)5-6/h2-5,10-11H,1H2. The molecule has 11 heavy (non-hydrogen) atoms. The molecule has 0 spiro atoms. The van der Waals surface area contributed by atoms with Crippen LogP contribution in [0.1, 0.15) is 0 Å². The maximum atomic E-state index is 12.4. The molecule has 1 aromatic carbocycles. The molecule has 0 saturated heterocycles. The van der Waals surface area contributed by atoms with Gasteiger partial charge in [0.2, 0.25) is 0 Å². The van der Waals surface area contributed by atoms with Crippen molar-refractivity contribution in [3.63, 3.8) is 0 Å². The van der Waals surface area contributed by atoms with Crippen molar-refractivity contribution in [3.8, 4) is 5.75 Å². The summed E-state index contributed by atoms with van der Waals surface area (Å²) in [5, 5.41) is 11.6. The number of hydrogen-bond acceptors (Lipinski definition) is 2. The van der Waals surface area contributed by atoms with E-state index < -0.39 is 5.82 Å². The molecule has 0 aliphatic rings. The summed E-state index contributed by atoms with van der Waals surface area (Å²) in [4.78, 5) is 0. The van der Waals surface area contributed by atoms with Gasteiger partial charge in [0, 0.05) is 11.8 Å². The van der Waals surface area contributed by atoms with E-state index in [1.807, 2.05) is 0 Å². The topological polar surface area (TPSA) is 32.3 Å². The minimum Gasteiger partial charge on any atom is -0.505 e.